The number of halogens is 6. The van der Waals surface area contributed by atoms with Crippen molar-refractivity contribution in [1.29, 1.82) is 0 Å². The third kappa shape index (κ3) is 5.48. The smallest absolute Gasteiger partial charge is 0.445 e. The van der Waals surface area contributed by atoms with E-state index in [0.29, 0.717) is 4.90 Å². The summed E-state index contributed by atoms with van der Waals surface area (Å²) in [6.45, 7) is -0.867. The van der Waals surface area contributed by atoms with E-state index in [0.717, 1.165) is 11.8 Å². The van der Waals surface area contributed by atoms with Crippen molar-refractivity contribution >= 4 is 80.6 Å². The molecule has 2 heterocycles. The maximum absolute atomic E-state index is 12.5. The highest BCUT2D eigenvalue weighted by molar-refractivity contribution is 8.00. The van der Waals surface area contributed by atoms with Gasteiger partial charge in [0.1, 0.15) is 23.7 Å². The average Bonchev–Trinajstić information content (AvgIpc) is 2.62. The lowest BCUT2D eigenvalue weighted by molar-refractivity contribution is -0.147. The first-order valence-corrected chi connectivity index (χ1v) is 11.1. The van der Waals surface area contributed by atoms with E-state index in [1.807, 2.05) is 0 Å². The highest BCUT2D eigenvalue weighted by Gasteiger charge is 2.55. The minimum atomic E-state index is -6.35. The van der Waals surface area contributed by atoms with Crippen LogP contribution in [0, 0.1) is 0 Å². The van der Waals surface area contributed by atoms with E-state index in [9.17, 15) is 40.8 Å². The number of rotatable bonds is 4. The summed E-state index contributed by atoms with van der Waals surface area (Å²) in [6, 6.07) is -1.11. The van der Waals surface area contributed by atoms with Gasteiger partial charge in [0.2, 0.25) is 5.91 Å². The van der Waals surface area contributed by atoms with Crippen LogP contribution in [0.2, 0.25) is 0 Å². The normalized spacial score (nSPS) is 21.8. The number of amides is 3. The molecule has 2 aliphatic rings. The molecule has 0 aliphatic carbocycles. The molecular weight excluding hydrogens is 542 g/mol. The molecule has 3 amide bonds. The Kier molecular flexibility index (Phi) is 7.34. The van der Waals surface area contributed by atoms with Crippen molar-refractivity contribution in [1.82, 2.24) is 10.2 Å². The first-order valence-electron chi connectivity index (χ1n) is 7.49. The van der Waals surface area contributed by atoms with Gasteiger partial charge in [0.25, 0.3) is 9.70 Å². The SMILES string of the molecule is NC1C(=O)N2C(C(=O)OS(=O)(=O)C(F)(F)F)=C(COC(=O)NC(=O)C(Cl)(Cl)Cl)CS[C@@H]12. The molecule has 0 bridgehead atoms. The van der Waals surface area contributed by atoms with Crippen molar-refractivity contribution in [3.63, 3.8) is 0 Å². The number of thioether (sulfide) groups is 1. The van der Waals surface area contributed by atoms with Crippen molar-refractivity contribution < 1.29 is 49.7 Å². The number of alkyl carbamates (subject to hydrolysis) is 1. The van der Waals surface area contributed by atoms with Gasteiger partial charge in [-0.25, -0.2) is 9.59 Å². The minimum Gasteiger partial charge on any atom is -0.445 e. The second kappa shape index (κ2) is 8.82. The zero-order valence-corrected chi connectivity index (χ0v) is 18.3. The summed E-state index contributed by atoms with van der Waals surface area (Å²) in [6.07, 6.45) is -1.47. The van der Waals surface area contributed by atoms with Crippen LogP contribution >= 0.6 is 46.6 Å². The summed E-state index contributed by atoms with van der Waals surface area (Å²) in [5.74, 6) is -4.57. The lowest BCUT2D eigenvalue weighted by Gasteiger charge is -2.48. The summed E-state index contributed by atoms with van der Waals surface area (Å²) in [5.41, 5.74) is -1.58. The molecule has 0 radical (unpaired) electrons. The van der Waals surface area contributed by atoms with E-state index in [1.54, 1.807) is 0 Å². The molecule has 2 rings (SSSR count). The standard InChI is InChI=1S/C12H9Cl3F3N3O8S2/c13-11(14,15)9(24)20-10(25)28-1-3-2-30-7-4(19)6(22)21(7)5(3)8(23)29-31(26,27)12(16,17)18/h4,7H,1-2,19H2,(H,20,24,25)/t4?,7-/m0/s1. The van der Waals surface area contributed by atoms with Crippen LogP contribution in [-0.4, -0.2) is 70.3 Å². The molecule has 19 heteroatoms. The molecule has 1 unspecified atom stereocenters. The molecular formula is C12H9Cl3F3N3O8S2. The molecule has 0 aromatic heterocycles. The van der Waals surface area contributed by atoms with E-state index < -0.39 is 67.0 Å². The number of imide groups is 1. The maximum Gasteiger partial charge on any atom is 0.534 e. The minimum absolute atomic E-state index is 0.218. The van der Waals surface area contributed by atoms with E-state index in [1.165, 1.54) is 5.32 Å². The van der Waals surface area contributed by atoms with Crippen LogP contribution in [0.1, 0.15) is 0 Å². The molecule has 0 aromatic rings. The number of hydrogen-bond donors (Lipinski definition) is 2. The Morgan fingerprint density at radius 2 is 1.84 bits per heavy atom. The summed E-state index contributed by atoms with van der Waals surface area (Å²) in [7, 11) is -6.35. The van der Waals surface area contributed by atoms with E-state index in [-0.39, 0.29) is 11.3 Å². The van der Waals surface area contributed by atoms with Crippen molar-refractivity contribution in [3.8, 4) is 0 Å². The van der Waals surface area contributed by atoms with Crippen molar-refractivity contribution in [2.24, 2.45) is 5.73 Å². The monoisotopic (exact) mass is 549 g/mol. The van der Waals surface area contributed by atoms with Gasteiger partial charge in [-0.1, -0.05) is 34.8 Å². The lowest BCUT2D eigenvalue weighted by Crippen LogP contribution is -2.68. The highest BCUT2D eigenvalue weighted by Crippen LogP contribution is 2.40. The fourth-order valence-electron chi connectivity index (χ4n) is 2.22. The van der Waals surface area contributed by atoms with Crippen LogP contribution in [0.15, 0.2) is 11.3 Å². The number of nitrogens with two attached hydrogens (primary N) is 1. The van der Waals surface area contributed by atoms with Gasteiger partial charge in [-0.05, 0) is 0 Å². The molecule has 11 nitrogen and oxygen atoms in total. The van der Waals surface area contributed by atoms with Crippen LogP contribution in [0.25, 0.3) is 0 Å². The van der Waals surface area contributed by atoms with E-state index in [2.05, 4.69) is 8.92 Å². The number of nitrogens with one attached hydrogen (secondary N) is 1. The Balaban J connectivity index is 2.26. The molecule has 174 valence electrons. The number of nitrogens with zero attached hydrogens (tertiary/aromatic N) is 1. The first-order chi connectivity index (χ1) is 14.0. The van der Waals surface area contributed by atoms with Crippen molar-refractivity contribution in [2.75, 3.05) is 12.4 Å². The third-order valence-electron chi connectivity index (χ3n) is 3.60. The van der Waals surface area contributed by atoms with Gasteiger partial charge in [0, 0.05) is 11.3 Å². The Bertz CT molecular complexity index is 966. The Morgan fingerprint density at radius 3 is 2.35 bits per heavy atom. The van der Waals surface area contributed by atoms with Crippen LogP contribution < -0.4 is 11.1 Å². The van der Waals surface area contributed by atoms with Crippen molar-refractivity contribution in [2.45, 2.75) is 20.7 Å². The molecule has 0 spiro atoms. The first kappa shape index (κ1) is 25.8. The van der Waals surface area contributed by atoms with Gasteiger partial charge >= 0.3 is 27.7 Å². The Hall–Kier alpha value is -1.46. The van der Waals surface area contributed by atoms with Crippen LogP contribution in [-0.2, 0) is 33.4 Å². The quantitative estimate of drug-likeness (QED) is 0.218. The summed E-state index contributed by atoms with van der Waals surface area (Å²) in [5, 5.41) is 0.629. The molecule has 2 atom stereocenters. The molecule has 1 saturated heterocycles. The van der Waals surface area contributed by atoms with Crippen LogP contribution in [0.5, 0.6) is 0 Å². The Morgan fingerprint density at radius 1 is 1.26 bits per heavy atom. The molecule has 31 heavy (non-hydrogen) atoms. The van der Waals surface area contributed by atoms with Crippen LogP contribution in [0.3, 0.4) is 0 Å². The largest absolute Gasteiger partial charge is 0.534 e. The molecule has 2 aliphatic heterocycles. The van der Waals surface area contributed by atoms with E-state index in [4.69, 9.17) is 40.5 Å². The lowest BCUT2D eigenvalue weighted by atomic mass is 10.0. The summed E-state index contributed by atoms with van der Waals surface area (Å²) >= 11 is 16.7. The average molecular weight is 551 g/mol. The highest BCUT2D eigenvalue weighted by atomic mass is 35.6. The van der Waals surface area contributed by atoms with Gasteiger partial charge in [-0.2, -0.15) is 21.6 Å². The fraction of sp³-hybridized carbons (Fsp3) is 0.500. The molecule has 0 aromatic carbocycles. The number of carbonyl (C=O) groups is 4. The van der Waals surface area contributed by atoms with Gasteiger partial charge in [-0.15, -0.1) is 11.8 Å². The predicted molar refractivity (Wildman–Crippen MR) is 98.9 cm³/mol. The zero-order valence-electron chi connectivity index (χ0n) is 14.4. The van der Waals surface area contributed by atoms with Gasteiger partial charge < -0.3 is 14.7 Å². The third-order valence-corrected chi connectivity index (χ3v) is 6.41. The summed E-state index contributed by atoms with van der Waals surface area (Å²) in [4.78, 5) is 47.8. The van der Waals surface area contributed by atoms with E-state index >= 15 is 0 Å². The number of ether oxygens (including phenoxy) is 1. The Labute approximate surface area is 190 Å². The fourth-order valence-corrected chi connectivity index (χ4v) is 4.01. The number of β-lactam (4-membered cyclic amide) rings is 1. The predicted octanol–water partition coefficient (Wildman–Crippen LogP) is 0.499. The van der Waals surface area contributed by atoms with Gasteiger partial charge in [0.05, 0.1) is 0 Å². The number of alkyl halides is 6. The zero-order chi connectivity index (χ0) is 23.9. The second-order valence-electron chi connectivity index (χ2n) is 5.69. The number of fused-ring (bicyclic) bond motifs is 1. The summed E-state index contributed by atoms with van der Waals surface area (Å²) < 4.78 is 65.6. The molecule has 1 fully saturated rings. The molecule has 3 N–H and O–H groups in total. The van der Waals surface area contributed by atoms with Crippen LogP contribution in [0.4, 0.5) is 18.0 Å². The van der Waals surface area contributed by atoms with Gasteiger partial charge in [-0.3, -0.25) is 19.8 Å². The number of carbonyl (C=O) groups excluding carboxylic acids is 4. The van der Waals surface area contributed by atoms with Crippen molar-refractivity contribution in [3.05, 3.63) is 11.3 Å². The maximum atomic E-state index is 12.5. The van der Waals surface area contributed by atoms with Gasteiger partial charge in [0.15, 0.2) is 0 Å². The second-order valence-corrected chi connectivity index (χ2v) is 10.6. The number of hydrogen-bond acceptors (Lipinski definition) is 10. The molecule has 0 saturated carbocycles. The topological polar surface area (TPSA) is 162 Å².